The summed E-state index contributed by atoms with van der Waals surface area (Å²) in [4.78, 5) is 13.3. The number of furan rings is 1. The van der Waals surface area contributed by atoms with Crippen LogP contribution in [0.15, 0.2) is 16.5 Å². The van der Waals surface area contributed by atoms with E-state index >= 15 is 0 Å². The van der Waals surface area contributed by atoms with Crippen LogP contribution in [-0.2, 0) is 0 Å². The highest BCUT2D eigenvalue weighted by molar-refractivity contribution is 5.84. The zero-order valence-corrected chi connectivity index (χ0v) is 11.9. The van der Waals surface area contributed by atoms with Gasteiger partial charge >= 0.3 is 5.97 Å². The molecule has 4 heteroatoms. The molecule has 3 unspecified atom stereocenters. The molecule has 1 N–H and O–H groups in total. The molecule has 0 aliphatic carbocycles. The lowest BCUT2D eigenvalue weighted by molar-refractivity contribution is 0.0601. The molecule has 0 radical (unpaired) electrons. The van der Waals surface area contributed by atoms with Crippen LogP contribution < -0.4 is 0 Å². The molecule has 0 aromatic carbocycles. The lowest BCUT2D eigenvalue weighted by atomic mass is 9.90. The van der Waals surface area contributed by atoms with Crippen LogP contribution >= 0.6 is 0 Å². The molecule has 0 bridgehead atoms. The van der Waals surface area contributed by atoms with Crippen LogP contribution in [0.1, 0.15) is 62.4 Å². The van der Waals surface area contributed by atoms with E-state index in [1.165, 1.54) is 19.3 Å². The fraction of sp³-hybridized carbons (Fsp3) is 0.667. The van der Waals surface area contributed by atoms with Gasteiger partial charge in [-0.15, -0.1) is 0 Å². The molecule has 1 aliphatic rings. The molecule has 0 amide bonds. The Morgan fingerprint density at radius 1 is 1.53 bits per heavy atom. The molecule has 0 saturated carbocycles. The lowest BCUT2D eigenvalue weighted by Gasteiger charge is -2.40. The molecule has 0 spiro atoms. The van der Waals surface area contributed by atoms with Crippen molar-refractivity contribution in [1.82, 2.24) is 4.90 Å². The number of rotatable bonds is 4. The van der Waals surface area contributed by atoms with E-state index in [0.717, 1.165) is 18.2 Å². The SMILES string of the molecule is CCC1CCC(C)N(C(C)c2ccc(C(=O)O)o2)C1. The zero-order valence-electron chi connectivity index (χ0n) is 11.9. The number of carboxylic acids is 1. The molecule has 1 aliphatic heterocycles. The van der Waals surface area contributed by atoms with Crippen LogP contribution in [0, 0.1) is 5.92 Å². The normalized spacial score (nSPS) is 26.3. The lowest BCUT2D eigenvalue weighted by Crippen LogP contribution is -2.42. The maximum absolute atomic E-state index is 10.9. The van der Waals surface area contributed by atoms with Gasteiger partial charge in [0.05, 0.1) is 6.04 Å². The molecule has 1 aromatic rings. The van der Waals surface area contributed by atoms with Gasteiger partial charge in [0.25, 0.3) is 0 Å². The van der Waals surface area contributed by atoms with Gasteiger partial charge in [-0.1, -0.05) is 13.3 Å². The van der Waals surface area contributed by atoms with E-state index in [1.54, 1.807) is 12.1 Å². The Morgan fingerprint density at radius 3 is 2.84 bits per heavy atom. The number of carbonyl (C=O) groups is 1. The number of carboxylic acid groups (broad SMARTS) is 1. The van der Waals surface area contributed by atoms with Crippen molar-refractivity contribution < 1.29 is 14.3 Å². The molecule has 1 fully saturated rings. The Kier molecular flexibility index (Phi) is 4.30. The first-order chi connectivity index (χ1) is 9.02. The van der Waals surface area contributed by atoms with Crippen molar-refractivity contribution in [2.24, 2.45) is 5.92 Å². The van der Waals surface area contributed by atoms with Gasteiger partial charge in [0.1, 0.15) is 5.76 Å². The Hall–Kier alpha value is -1.29. The van der Waals surface area contributed by atoms with Crippen LogP contribution in [0.4, 0.5) is 0 Å². The van der Waals surface area contributed by atoms with Crippen molar-refractivity contribution in [2.75, 3.05) is 6.54 Å². The summed E-state index contributed by atoms with van der Waals surface area (Å²) in [6.45, 7) is 7.64. The Bertz CT molecular complexity index is 440. The van der Waals surface area contributed by atoms with Crippen LogP contribution in [0.3, 0.4) is 0 Å². The van der Waals surface area contributed by atoms with Gasteiger partial charge < -0.3 is 9.52 Å². The molecular weight excluding hydrogens is 242 g/mol. The van der Waals surface area contributed by atoms with Gasteiger partial charge in [0.15, 0.2) is 0 Å². The molecule has 106 valence electrons. The summed E-state index contributed by atoms with van der Waals surface area (Å²) in [5, 5.41) is 8.92. The minimum absolute atomic E-state index is 0.0264. The minimum Gasteiger partial charge on any atom is -0.475 e. The quantitative estimate of drug-likeness (QED) is 0.904. The Labute approximate surface area is 114 Å². The minimum atomic E-state index is -1.00. The van der Waals surface area contributed by atoms with Crippen LogP contribution in [-0.4, -0.2) is 28.6 Å². The van der Waals surface area contributed by atoms with Gasteiger partial charge in [-0.25, -0.2) is 4.79 Å². The van der Waals surface area contributed by atoms with Gasteiger partial charge in [0, 0.05) is 12.6 Å². The zero-order chi connectivity index (χ0) is 14.0. The smallest absolute Gasteiger partial charge is 0.371 e. The fourth-order valence-electron chi connectivity index (χ4n) is 2.94. The highest BCUT2D eigenvalue weighted by Gasteiger charge is 2.30. The van der Waals surface area contributed by atoms with E-state index in [4.69, 9.17) is 9.52 Å². The van der Waals surface area contributed by atoms with E-state index in [2.05, 4.69) is 25.7 Å². The van der Waals surface area contributed by atoms with Crippen molar-refractivity contribution in [2.45, 2.75) is 52.1 Å². The fourth-order valence-corrected chi connectivity index (χ4v) is 2.94. The standard InChI is InChI=1S/C15H23NO3/c1-4-12-6-5-10(2)16(9-12)11(3)13-7-8-14(19-13)15(17)18/h7-8,10-12H,4-6,9H2,1-3H3,(H,17,18). The maximum Gasteiger partial charge on any atom is 0.371 e. The van der Waals surface area contributed by atoms with Crippen molar-refractivity contribution in [3.8, 4) is 0 Å². The van der Waals surface area contributed by atoms with E-state index in [9.17, 15) is 4.79 Å². The van der Waals surface area contributed by atoms with Gasteiger partial charge in [-0.05, 0) is 44.7 Å². The third-order valence-electron chi connectivity index (χ3n) is 4.35. The number of hydrogen-bond donors (Lipinski definition) is 1. The Morgan fingerprint density at radius 2 is 2.26 bits per heavy atom. The second kappa shape index (κ2) is 5.78. The van der Waals surface area contributed by atoms with Crippen LogP contribution in [0.5, 0.6) is 0 Å². The first-order valence-corrected chi connectivity index (χ1v) is 7.11. The van der Waals surface area contributed by atoms with E-state index < -0.39 is 5.97 Å². The average Bonchev–Trinajstić information content (AvgIpc) is 2.88. The number of piperidine rings is 1. The summed E-state index contributed by atoms with van der Waals surface area (Å²) in [7, 11) is 0. The molecule has 2 rings (SSSR count). The molecule has 2 heterocycles. The number of aromatic carboxylic acids is 1. The van der Waals surface area contributed by atoms with Crippen LogP contribution in [0.2, 0.25) is 0 Å². The maximum atomic E-state index is 10.9. The first-order valence-electron chi connectivity index (χ1n) is 7.11. The van der Waals surface area contributed by atoms with E-state index in [1.807, 2.05) is 0 Å². The van der Waals surface area contributed by atoms with Crippen molar-refractivity contribution in [1.29, 1.82) is 0 Å². The molecule has 19 heavy (non-hydrogen) atoms. The predicted molar refractivity (Wildman–Crippen MR) is 73.3 cm³/mol. The molecular formula is C15H23NO3. The largest absolute Gasteiger partial charge is 0.475 e. The van der Waals surface area contributed by atoms with E-state index in [-0.39, 0.29) is 11.8 Å². The second-order valence-electron chi connectivity index (χ2n) is 5.58. The Balaban J connectivity index is 2.12. The van der Waals surface area contributed by atoms with Gasteiger partial charge in [-0.3, -0.25) is 4.90 Å². The molecule has 1 saturated heterocycles. The summed E-state index contributed by atoms with van der Waals surface area (Å²) in [6.07, 6.45) is 3.70. The third kappa shape index (κ3) is 3.00. The summed E-state index contributed by atoms with van der Waals surface area (Å²) in [5.41, 5.74) is 0. The van der Waals surface area contributed by atoms with Crippen LogP contribution in [0.25, 0.3) is 0 Å². The third-order valence-corrected chi connectivity index (χ3v) is 4.35. The summed E-state index contributed by atoms with van der Waals surface area (Å²) in [5.74, 6) is 0.517. The van der Waals surface area contributed by atoms with Crippen molar-refractivity contribution in [3.05, 3.63) is 23.7 Å². The number of hydrogen-bond acceptors (Lipinski definition) is 3. The highest BCUT2D eigenvalue weighted by atomic mass is 16.4. The van der Waals surface area contributed by atoms with Crippen molar-refractivity contribution >= 4 is 5.97 Å². The number of nitrogens with zero attached hydrogens (tertiary/aromatic N) is 1. The molecule has 4 nitrogen and oxygen atoms in total. The van der Waals surface area contributed by atoms with Crippen molar-refractivity contribution in [3.63, 3.8) is 0 Å². The number of likely N-dealkylation sites (tertiary alicyclic amines) is 1. The molecule has 1 aromatic heterocycles. The van der Waals surface area contributed by atoms with Gasteiger partial charge in [-0.2, -0.15) is 0 Å². The summed E-state index contributed by atoms with van der Waals surface area (Å²) >= 11 is 0. The monoisotopic (exact) mass is 265 g/mol. The topological polar surface area (TPSA) is 53.7 Å². The van der Waals surface area contributed by atoms with Gasteiger partial charge in [0.2, 0.25) is 5.76 Å². The second-order valence-corrected chi connectivity index (χ2v) is 5.58. The predicted octanol–water partition coefficient (Wildman–Crippen LogP) is 3.55. The molecule has 3 atom stereocenters. The summed E-state index contributed by atoms with van der Waals surface area (Å²) in [6, 6.07) is 3.99. The van der Waals surface area contributed by atoms with E-state index in [0.29, 0.717) is 6.04 Å². The summed E-state index contributed by atoms with van der Waals surface area (Å²) < 4.78 is 5.44. The first kappa shape index (κ1) is 14.1. The highest BCUT2D eigenvalue weighted by Crippen LogP contribution is 2.32. The average molecular weight is 265 g/mol.